The zero-order chi connectivity index (χ0) is 32.2. The van der Waals surface area contributed by atoms with Crippen LogP contribution < -0.4 is 20.7 Å². The zero-order valence-corrected chi connectivity index (χ0v) is 25.9. The van der Waals surface area contributed by atoms with Gasteiger partial charge in [-0.2, -0.15) is 0 Å². The maximum atomic E-state index is 13.4. The summed E-state index contributed by atoms with van der Waals surface area (Å²) in [5.74, 6) is -0.935. The van der Waals surface area contributed by atoms with Gasteiger partial charge in [-0.15, -0.1) is 11.8 Å². The van der Waals surface area contributed by atoms with E-state index in [0.717, 1.165) is 4.90 Å². The van der Waals surface area contributed by atoms with Gasteiger partial charge in [0.2, 0.25) is 5.91 Å². The third-order valence-electron chi connectivity index (χ3n) is 6.39. The van der Waals surface area contributed by atoms with Crippen molar-refractivity contribution in [2.75, 3.05) is 24.4 Å². The number of amides is 3. The number of carbonyl (C=O) groups is 4. The predicted molar refractivity (Wildman–Crippen MR) is 176 cm³/mol. The molecule has 0 saturated heterocycles. The number of rotatable bonds is 12. The highest BCUT2D eigenvalue weighted by Crippen LogP contribution is 2.27. The Kier molecular flexibility index (Phi) is 11.5. The normalized spacial score (nSPS) is 11.6. The quantitative estimate of drug-likeness (QED) is 0.0948. The first kappa shape index (κ1) is 32.6. The average molecular weight is 624 g/mol. The Bertz CT molecular complexity index is 1670. The van der Waals surface area contributed by atoms with Crippen LogP contribution in [-0.2, 0) is 14.3 Å². The Labute approximate surface area is 266 Å². The molecule has 230 valence electrons. The molecule has 9 nitrogen and oxygen atoms in total. The minimum absolute atomic E-state index is 0.0498. The molecule has 1 unspecified atom stereocenters. The fraction of sp³-hybridized carbons (Fsp3) is 0.143. The molecule has 0 saturated carbocycles. The number of ether oxygens (including phenoxy) is 2. The molecule has 4 rings (SSSR count). The number of benzene rings is 4. The van der Waals surface area contributed by atoms with Gasteiger partial charge in [0.15, 0.2) is 0 Å². The Balaban J connectivity index is 1.44. The lowest BCUT2D eigenvalue weighted by molar-refractivity contribution is -0.115. The molecule has 45 heavy (non-hydrogen) atoms. The molecule has 3 N–H and O–H groups in total. The van der Waals surface area contributed by atoms with E-state index in [-0.39, 0.29) is 18.2 Å². The maximum absolute atomic E-state index is 13.4. The molecule has 4 aromatic carbocycles. The highest BCUT2D eigenvalue weighted by Gasteiger charge is 2.18. The Morgan fingerprint density at radius 3 is 2.18 bits per heavy atom. The molecule has 4 aromatic rings. The standard InChI is InChI=1S/C35H33N3O6S/c1-4-44-35(42)26-15-17-27(18-16-26)36-32(39)23(2)45-30-12-8-11-28(22-30)37-34(41)31(21-24-13-19-29(43-3)20-14-24)38-33(40)25-9-6-5-7-10-25/h5-23H,4H2,1-3H3,(H,36,39)(H,37,41)(H,38,40)/b31-21+. The summed E-state index contributed by atoms with van der Waals surface area (Å²) in [5, 5.41) is 7.95. The number of anilines is 2. The van der Waals surface area contributed by atoms with Crippen LogP contribution in [0.25, 0.3) is 6.08 Å². The van der Waals surface area contributed by atoms with Gasteiger partial charge in [0.25, 0.3) is 11.8 Å². The molecule has 0 bridgehead atoms. The summed E-state index contributed by atoms with van der Waals surface area (Å²) >= 11 is 1.32. The lowest BCUT2D eigenvalue weighted by Gasteiger charge is -2.14. The van der Waals surface area contributed by atoms with E-state index in [2.05, 4.69) is 16.0 Å². The number of methoxy groups -OCH3 is 1. The van der Waals surface area contributed by atoms with Crippen molar-refractivity contribution in [3.63, 3.8) is 0 Å². The minimum atomic E-state index is -0.519. The van der Waals surface area contributed by atoms with Crippen LogP contribution in [0.3, 0.4) is 0 Å². The van der Waals surface area contributed by atoms with Crippen LogP contribution in [0.2, 0.25) is 0 Å². The van der Waals surface area contributed by atoms with E-state index in [0.29, 0.717) is 33.8 Å². The fourth-order valence-electron chi connectivity index (χ4n) is 4.06. The van der Waals surface area contributed by atoms with Gasteiger partial charge in [0.05, 0.1) is 24.5 Å². The van der Waals surface area contributed by atoms with Gasteiger partial charge in [0, 0.05) is 21.8 Å². The zero-order valence-electron chi connectivity index (χ0n) is 25.0. The van der Waals surface area contributed by atoms with Crippen molar-refractivity contribution in [2.45, 2.75) is 24.0 Å². The molecule has 0 fully saturated rings. The molecular formula is C35H33N3O6S. The number of esters is 1. The van der Waals surface area contributed by atoms with Crippen molar-refractivity contribution >= 4 is 52.9 Å². The predicted octanol–water partition coefficient (Wildman–Crippen LogP) is 6.40. The fourth-order valence-corrected chi connectivity index (χ4v) is 4.99. The molecule has 0 aliphatic rings. The van der Waals surface area contributed by atoms with Gasteiger partial charge in [-0.3, -0.25) is 14.4 Å². The van der Waals surface area contributed by atoms with Gasteiger partial charge < -0.3 is 25.4 Å². The van der Waals surface area contributed by atoms with Gasteiger partial charge in [-0.1, -0.05) is 36.4 Å². The Morgan fingerprint density at radius 1 is 0.800 bits per heavy atom. The van der Waals surface area contributed by atoms with Gasteiger partial charge in [0.1, 0.15) is 11.4 Å². The molecule has 0 aromatic heterocycles. The van der Waals surface area contributed by atoms with Crippen LogP contribution in [0.4, 0.5) is 11.4 Å². The van der Waals surface area contributed by atoms with Crippen LogP contribution in [0.5, 0.6) is 5.75 Å². The first-order valence-electron chi connectivity index (χ1n) is 14.1. The summed E-state index contributed by atoms with van der Waals surface area (Å²) in [7, 11) is 1.57. The van der Waals surface area contributed by atoms with E-state index in [9.17, 15) is 19.2 Å². The van der Waals surface area contributed by atoms with Gasteiger partial charge in [-0.25, -0.2) is 4.79 Å². The van der Waals surface area contributed by atoms with Crippen LogP contribution >= 0.6 is 11.8 Å². The average Bonchev–Trinajstić information content (AvgIpc) is 3.05. The lowest BCUT2D eigenvalue weighted by atomic mass is 10.1. The molecular weight excluding hydrogens is 590 g/mol. The van der Waals surface area contributed by atoms with Crippen LogP contribution in [0.1, 0.15) is 40.1 Å². The number of hydrogen-bond donors (Lipinski definition) is 3. The summed E-state index contributed by atoms with van der Waals surface area (Å²) in [6, 6.07) is 29.3. The van der Waals surface area contributed by atoms with E-state index in [1.54, 1.807) is 124 Å². The molecule has 0 heterocycles. The van der Waals surface area contributed by atoms with E-state index in [4.69, 9.17) is 9.47 Å². The number of nitrogens with one attached hydrogen (secondary N) is 3. The lowest BCUT2D eigenvalue weighted by Crippen LogP contribution is -2.30. The molecule has 0 radical (unpaired) electrons. The largest absolute Gasteiger partial charge is 0.497 e. The van der Waals surface area contributed by atoms with Crippen molar-refractivity contribution in [3.05, 3.63) is 126 Å². The molecule has 0 aliphatic heterocycles. The van der Waals surface area contributed by atoms with Crippen molar-refractivity contribution in [1.82, 2.24) is 5.32 Å². The van der Waals surface area contributed by atoms with Crippen molar-refractivity contribution in [2.24, 2.45) is 0 Å². The monoisotopic (exact) mass is 623 g/mol. The van der Waals surface area contributed by atoms with Crippen LogP contribution in [-0.4, -0.2) is 42.7 Å². The van der Waals surface area contributed by atoms with E-state index < -0.39 is 23.0 Å². The van der Waals surface area contributed by atoms with Crippen LogP contribution in [0.15, 0.2) is 114 Å². The molecule has 0 aliphatic carbocycles. The second kappa shape index (κ2) is 15.9. The van der Waals surface area contributed by atoms with Gasteiger partial charge >= 0.3 is 5.97 Å². The maximum Gasteiger partial charge on any atom is 0.338 e. The summed E-state index contributed by atoms with van der Waals surface area (Å²) in [4.78, 5) is 51.9. The highest BCUT2D eigenvalue weighted by molar-refractivity contribution is 8.00. The van der Waals surface area contributed by atoms with Crippen LogP contribution in [0, 0.1) is 0 Å². The number of hydrogen-bond acceptors (Lipinski definition) is 7. The number of carbonyl (C=O) groups excluding carboxylic acids is 4. The van der Waals surface area contributed by atoms with Crippen molar-refractivity contribution in [1.29, 1.82) is 0 Å². The molecule has 3 amide bonds. The highest BCUT2D eigenvalue weighted by atomic mass is 32.2. The van der Waals surface area contributed by atoms with Crippen molar-refractivity contribution in [3.8, 4) is 5.75 Å². The first-order valence-corrected chi connectivity index (χ1v) is 15.0. The van der Waals surface area contributed by atoms with Gasteiger partial charge in [-0.05, 0) is 92.2 Å². The Morgan fingerprint density at radius 2 is 1.51 bits per heavy atom. The second-order valence-electron chi connectivity index (χ2n) is 9.68. The molecule has 10 heteroatoms. The SMILES string of the molecule is CCOC(=O)c1ccc(NC(=O)C(C)Sc2cccc(NC(=O)/C(=C\c3ccc(OC)cc3)NC(=O)c3ccccc3)c2)cc1. The van der Waals surface area contributed by atoms with E-state index >= 15 is 0 Å². The smallest absolute Gasteiger partial charge is 0.338 e. The summed E-state index contributed by atoms with van der Waals surface area (Å²) in [6.07, 6.45) is 1.58. The summed E-state index contributed by atoms with van der Waals surface area (Å²) in [6.45, 7) is 3.79. The third-order valence-corrected chi connectivity index (χ3v) is 7.49. The van der Waals surface area contributed by atoms with E-state index in [1.165, 1.54) is 11.8 Å². The minimum Gasteiger partial charge on any atom is -0.497 e. The summed E-state index contributed by atoms with van der Waals surface area (Å²) in [5.41, 5.74) is 2.59. The first-order chi connectivity index (χ1) is 21.7. The summed E-state index contributed by atoms with van der Waals surface area (Å²) < 4.78 is 10.2. The molecule has 1 atom stereocenters. The molecule has 0 spiro atoms. The second-order valence-corrected chi connectivity index (χ2v) is 11.1. The topological polar surface area (TPSA) is 123 Å². The third kappa shape index (κ3) is 9.57. The number of thioether (sulfide) groups is 1. The Hall–Kier alpha value is -5.35. The van der Waals surface area contributed by atoms with E-state index in [1.807, 2.05) is 6.07 Å². The van der Waals surface area contributed by atoms with Crippen molar-refractivity contribution < 1.29 is 28.7 Å².